The fraction of sp³-hybridized carbons (Fsp3) is 0.312. The summed E-state index contributed by atoms with van der Waals surface area (Å²) in [4.78, 5) is 13.4. The van der Waals surface area contributed by atoms with Crippen molar-refractivity contribution < 1.29 is 14.3 Å². The molecule has 0 bridgehead atoms. The number of thiophene rings is 1. The van der Waals surface area contributed by atoms with E-state index in [1.54, 1.807) is 29.5 Å². The lowest BCUT2D eigenvalue weighted by atomic mass is 10.1. The van der Waals surface area contributed by atoms with E-state index in [0.29, 0.717) is 36.7 Å². The third kappa shape index (κ3) is 4.32. The zero-order chi connectivity index (χ0) is 15.2. The Morgan fingerprint density at radius 2 is 1.86 bits per heavy atom. The minimum absolute atomic E-state index is 0.0772. The number of rotatable bonds is 7. The van der Waals surface area contributed by atoms with Crippen molar-refractivity contribution in [2.75, 3.05) is 13.2 Å². The van der Waals surface area contributed by atoms with Crippen molar-refractivity contribution in [2.45, 2.75) is 20.3 Å². The van der Waals surface area contributed by atoms with Gasteiger partial charge in [-0.2, -0.15) is 0 Å². The summed E-state index contributed by atoms with van der Waals surface area (Å²) < 4.78 is 12.1. The minimum Gasteiger partial charge on any atom is -0.490 e. The number of hydrogen-bond donors (Lipinski definition) is 0. The lowest BCUT2D eigenvalue weighted by molar-refractivity contribution is 0.0993. The van der Waals surface area contributed by atoms with Gasteiger partial charge in [0.05, 0.1) is 13.2 Å². The molecule has 0 amide bonds. The number of carbonyl (C=O) groups is 1. The lowest BCUT2D eigenvalue weighted by Crippen LogP contribution is -2.05. The number of ketones is 1. The quantitative estimate of drug-likeness (QED) is 0.662. The van der Waals surface area contributed by atoms with E-state index in [4.69, 9.17) is 9.47 Å². The Kier molecular flexibility index (Phi) is 5.82. The van der Waals surface area contributed by atoms with Crippen LogP contribution >= 0.6 is 27.3 Å². The van der Waals surface area contributed by atoms with Crippen molar-refractivity contribution in [2.24, 2.45) is 0 Å². The second-order valence-corrected chi connectivity index (χ2v) is 6.27. The smallest absolute Gasteiger partial charge is 0.168 e. The monoisotopic (exact) mass is 368 g/mol. The van der Waals surface area contributed by atoms with Crippen LogP contribution in [-0.2, 0) is 6.42 Å². The Bertz CT molecular complexity index is 622. The highest BCUT2D eigenvalue weighted by Gasteiger charge is 2.13. The maximum atomic E-state index is 12.3. The average Bonchev–Trinajstić information content (AvgIpc) is 2.86. The van der Waals surface area contributed by atoms with Crippen LogP contribution in [0.2, 0.25) is 0 Å². The maximum Gasteiger partial charge on any atom is 0.168 e. The van der Waals surface area contributed by atoms with Crippen LogP contribution in [0, 0.1) is 0 Å². The van der Waals surface area contributed by atoms with Crippen LogP contribution in [0.15, 0.2) is 34.1 Å². The molecule has 2 rings (SSSR count). The van der Waals surface area contributed by atoms with E-state index in [1.165, 1.54) is 0 Å². The van der Waals surface area contributed by atoms with Gasteiger partial charge in [-0.3, -0.25) is 4.79 Å². The third-order valence-electron chi connectivity index (χ3n) is 2.82. The van der Waals surface area contributed by atoms with Gasteiger partial charge >= 0.3 is 0 Å². The zero-order valence-electron chi connectivity index (χ0n) is 12.0. The number of ether oxygens (including phenoxy) is 2. The van der Waals surface area contributed by atoms with Gasteiger partial charge in [0.25, 0.3) is 0 Å². The predicted molar refractivity (Wildman–Crippen MR) is 88.8 cm³/mol. The molecule has 0 aliphatic carbocycles. The molecule has 112 valence electrons. The zero-order valence-corrected chi connectivity index (χ0v) is 14.4. The van der Waals surface area contributed by atoms with Gasteiger partial charge in [0, 0.05) is 26.7 Å². The summed E-state index contributed by atoms with van der Waals surface area (Å²) in [6.07, 6.45) is 0.399. The molecule has 0 saturated heterocycles. The topological polar surface area (TPSA) is 35.5 Å². The van der Waals surface area contributed by atoms with Crippen LogP contribution < -0.4 is 9.47 Å². The van der Waals surface area contributed by atoms with Crippen LogP contribution in [0.1, 0.15) is 29.1 Å². The van der Waals surface area contributed by atoms with Gasteiger partial charge in [-0.15, -0.1) is 11.3 Å². The van der Waals surface area contributed by atoms with Gasteiger partial charge in [-0.25, -0.2) is 0 Å². The first kappa shape index (κ1) is 16.0. The van der Waals surface area contributed by atoms with Crippen molar-refractivity contribution >= 4 is 33.0 Å². The largest absolute Gasteiger partial charge is 0.490 e. The molecular formula is C16H17BrO3S. The second kappa shape index (κ2) is 7.61. The van der Waals surface area contributed by atoms with Gasteiger partial charge in [-0.1, -0.05) is 0 Å². The summed E-state index contributed by atoms with van der Waals surface area (Å²) in [6, 6.07) is 7.32. The number of benzene rings is 1. The molecule has 2 aromatic rings. The molecule has 5 heteroatoms. The molecule has 0 saturated carbocycles. The maximum absolute atomic E-state index is 12.3. The number of carbonyl (C=O) groups excluding carboxylic acids is 1. The summed E-state index contributed by atoms with van der Waals surface area (Å²) in [5.74, 6) is 1.38. The van der Waals surface area contributed by atoms with Crippen LogP contribution in [0.4, 0.5) is 0 Å². The van der Waals surface area contributed by atoms with E-state index in [2.05, 4.69) is 15.9 Å². The van der Waals surface area contributed by atoms with Crippen molar-refractivity contribution in [3.63, 3.8) is 0 Å². The van der Waals surface area contributed by atoms with E-state index in [1.807, 2.05) is 25.3 Å². The van der Waals surface area contributed by atoms with E-state index in [-0.39, 0.29) is 5.78 Å². The first-order valence-electron chi connectivity index (χ1n) is 6.79. The highest BCUT2D eigenvalue weighted by Crippen LogP contribution is 2.29. The Morgan fingerprint density at radius 1 is 1.14 bits per heavy atom. The third-order valence-corrected chi connectivity index (χ3v) is 4.52. The van der Waals surface area contributed by atoms with Crippen molar-refractivity contribution in [1.29, 1.82) is 0 Å². The van der Waals surface area contributed by atoms with Gasteiger partial charge in [0.15, 0.2) is 17.3 Å². The fourth-order valence-electron chi connectivity index (χ4n) is 1.93. The SMILES string of the molecule is CCOc1ccc(C(=O)Cc2cc(Br)cs2)cc1OCC. The first-order chi connectivity index (χ1) is 10.1. The minimum atomic E-state index is 0.0772. The summed E-state index contributed by atoms with van der Waals surface area (Å²) in [5.41, 5.74) is 0.645. The van der Waals surface area contributed by atoms with Crippen molar-refractivity contribution in [3.8, 4) is 11.5 Å². The molecule has 0 fully saturated rings. The first-order valence-corrected chi connectivity index (χ1v) is 8.47. The van der Waals surface area contributed by atoms with Crippen molar-refractivity contribution in [1.82, 2.24) is 0 Å². The van der Waals surface area contributed by atoms with Gasteiger partial charge in [-0.05, 0) is 54.0 Å². The highest BCUT2D eigenvalue weighted by molar-refractivity contribution is 9.10. The molecule has 0 aliphatic rings. The Balaban J connectivity index is 2.18. The van der Waals surface area contributed by atoms with E-state index >= 15 is 0 Å². The molecule has 0 unspecified atom stereocenters. The molecular weight excluding hydrogens is 352 g/mol. The lowest BCUT2D eigenvalue weighted by Gasteiger charge is -2.11. The molecule has 0 spiro atoms. The van der Waals surface area contributed by atoms with Gasteiger partial charge in [0.1, 0.15) is 0 Å². The predicted octanol–water partition coefficient (Wildman–Crippen LogP) is 4.73. The Morgan fingerprint density at radius 3 is 2.48 bits per heavy atom. The van der Waals surface area contributed by atoms with E-state index in [9.17, 15) is 4.79 Å². The van der Waals surface area contributed by atoms with Crippen LogP contribution in [-0.4, -0.2) is 19.0 Å². The van der Waals surface area contributed by atoms with Gasteiger partial charge < -0.3 is 9.47 Å². The number of Topliss-reactive ketones (excluding diaryl/α,β-unsaturated/α-hetero) is 1. The highest BCUT2D eigenvalue weighted by atomic mass is 79.9. The van der Waals surface area contributed by atoms with Crippen molar-refractivity contribution in [3.05, 3.63) is 44.6 Å². The van der Waals surface area contributed by atoms with Crippen LogP contribution in [0.3, 0.4) is 0 Å². The molecule has 21 heavy (non-hydrogen) atoms. The summed E-state index contributed by atoms with van der Waals surface area (Å²) >= 11 is 4.97. The van der Waals surface area contributed by atoms with Crippen LogP contribution in [0.5, 0.6) is 11.5 Å². The normalized spacial score (nSPS) is 10.4. The molecule has 1 heterocycles. The van der Waals surface area contributed by atoms with Gasteiger partial charge in [0.2, 0.25) is 0 Å². The Hall–Kier alpha value is -1.33. The number of halogens is 1. The van der Waals surface area contributed by atoms with E-state index < -0.39 is 0 Å². The molecule has 3 nitrogen and oxygen atoms in total. The molecule has 1 aromatic carbocycles. The molecule has 0 radical (unpaired) electrons. The number of hydrogen-bond acceptors (Lipinski definition) is 4. The molecule has 0 atom stereocenters. The summed E-state index contributed by atoms with van der Waals surface area (Å²) in [7, 11) is 0. The summed E-state index contributed by atoms with van der Waals surface area (Å²) in [6.45, 7) is 4.93. The molecule has 0 aliphatic heterocycles. The fourth-order valence-corrected chi connectivity index (χ4v) is 3.38. The van der Waals surface area contributed by atoms with Crippen LogP contribution in [0.25, 0.3) is 0 Å². The molecule has 0 N–H and O–H groups in total. The second-order valence-electron chi connectivity index (χ2n) is 4.36. The molecule has 1 aromatic heterocycles. The standard InChI is InChI=1S/C16H17BrO3S/c1-3-19-15-6-5-11(7-16(15)20-4-2)14(18)9-13-8-12(17)10-21-13/h5-8,10H,3-4,9H2,1-2H3. The Labute approximate surface area is 137 Å². The van der Waals surface area contributed by atoms with E-state index in [0.717, 1.165) is 9.35 Å². The average molecular weight is 369 g/mol. The summed E-state index contributed by atoms with van der Waals surface area (Å²) in [5, 5.41) is 1.98.